The van der Waals surface area contributed by atoms with Crippen LogP contribution in [0.2, 0.25) is 0 Å². The van der Waals surface area contributed by atoms with Crippen molar-refractivity contribution in [1.82, 2.24) is 4.90 Å². The number of nitrogens with zero attached hydrogens (tertiary/aromatic N) is 1. The lowest BCUT2D eigenvalue weighted by Gasteiger charge is -2.39. The Kier molecular flexibility index (Phi) is 5.43. The van der Waals surface area contributed by atoms with E-state index in [2.05, 4.69) is 61.2 Å². The average molecular weight is 402 g/mol. The number of hydrogen-bond acceptors (Lipinski definition) is 3. The van der Waals surface area contributed by atoms with Crippen LogP contribution in [-0.2, 0) is 14.8 Å². The Morgan fingerprint density at radius 2 is 1.89 bits per heavy atom. The van der Waals surface area contributed by atoms with Crippen molar-refractivity contribution in [2.45, 2.75) is 76.7 Å². The highest BCUT2D eigenvalue weighted by Gasteiger charge is 2.62. The normalized spacial score (nSPS) is 24.7. The van der Waals surface area contributed by atoms with Crippen LogP contribution in [0.4, 0.5) is 4.79 Å². The third-order valence-corrected chi connectivity index (χ3v) is 7.00. The van der Waals surface area contributed by atoms with Gasteiger partial charge in [-0.2, -0.15) is 0 Å². The van der Waals surface area contributed by atoms with Gasteiger partial charge in [-0.25, -0.2) is 4.79 Å². The molecule has 1 aromatic rings. The van der Waals surface area contributed by atoms with Gasteiger partial charge in [-0.05, 0) is 52.5 Å². The SMILES string of the molecule is CC(C)(C)OC(=O)N1CC2CC2(c2cccc([B]OC(C)(C)C(C)(C)P)c2)C1. The van der Waals surface area contributed by atoms with Crippen LogP contribution in [0.3, 0.4) is 0 Å². The third kappa shape index (κ3) is 4.41. The van der Waals surface area contributed by atoms with Crippen molar-refractivity contribution in [2.24, 2.45) is 5.92 Å². The molecule has 4 nitrogen and oxygen atoms in total. The minimum atomic E-state index is -0.457. The van der Waals surface area contributed by atoms with Crippen LogP contribution < -0.4 is 5.46 Å². The van der Waals surface area contributed by atoms with Gasteiger partial charge in [-0.1, -0.05) is 43.6 Å². The average Bonchev–Trinajstić information content (AvgIpc) is 3.12. The van der Waals surface area contributed by atoms with E-state index >= 15 is 0 Å². The van der Waals surface area contributed by atoms with Gasteiger partial charge in [-0.15, -0.1) is 9.24 Å². The smallest absolute Gasteiger partial charge is 0.410 e. The molecule has 3 rings (SSSR count). The molecule has 2 fully saturated rings. The number of ether oxygens (including phenoxy) is 1. The molecule has 0 bridgehead atoms. The van der Waals surface area contributed by atoms with Crippen LogP contribution in [0.15, 0.2) is 24.3 Å². The first-order valence-electron chi connectivity index (χ1n) is 10.1. The van der Waals surface area contributed by atoms with Gasteiger partial charge < -0.3 is 14.3 Å². The summed E-state index contributed by atoms with van der Waals surface area (Å²) in [6.45, 7) is 15.8. The zero-order valence-electron chi connectivity index (χ0n) is 18.3. The Morgan fingerprint density at radius 1 is 1.21 bits per heavy atom. The fraction of sp³-hybridized carbons (Fsp3) is 0.682. The maximum Gasteiger partial charge on any atom is 0.410 e. The number of benzene rings is 1. The van der Waals surface area contributed by atoms with Crippen LogP contribution in [0.5, 0.6) is 0 Å². The molecule has 1 aromatic carbocycles. The molecule has 28 heavy (non-hydrogen) atoms. The maximum absolute atomic E-state index is 12.4. The summed E-state index contributed by atoms with van der Waals surface area (Å²) in [5, 5.41) is -0.0409. The molecule has 0 aromatic heterocycles. The number of likely N-dealkylation sites (tertiary alicyclic amines) is 1. The fourth-order valence-electron chi connectivity index (χ4n) is 3.68. The van der Waals surface area contributed by atoms with Crippen molar-refractivity contribution in [2.75, 3.05) is 13.1 Å². The molecular formula is C22H34BNO3P. The molecule has 0 N–H and O–H groups in total. The van der Waals surface area contributed by atoms with Gasteiger partial charge >= 0.3 is 13.6 Å². The standard InChI is InChI=1S/C22H34BNO3P/c1-19(2,3)26-18(25)24-13-16-12-22(16,14-24)15-9-8-10-17(11-15)23-27-20(4,5)21(6,7)28/h8-11,16H,12-14,28H2,1-7H3. The topological polar surface area (TPSA) is 38.8 Å². The number of amides is 1. The Morgan fingerprint density at radius 3 is 2.50 bits per heavy atom. The third-order valence-electron chi connectivity index (χ3n) is 6.30. The number of carbonyl (C=O) groups is 1. The first kappa shape index (κ1) is 21.6. The molecule has 6 heteroatoms. The fourth-order valence-corrected chi connectivity index (χ4v) is 3.75. The second-order valence-corrected chi connectivity index (χ2v) is 12.0. The lowest BCUT2D eigenvalue weighted by Crippen LogP contribution is -2.45. The molecule has 2 aliphatic rings. The van der Waals surface area contributed by atoms with E-state index < -0.39 is 5.60 Å². The number of carbonyl (C=O) groups excluding carboxylic acids is 1. The molecule has 1 aliphatic heterocycles. The molecule has 1 radical (unpaired) electrons. The first-order chi connectivity index (χ1) is 12.7. The number of piperidine rings is 1. The summed E-state index contributed by atoms with van der Waals surface area (Å²) in [6, 6.07) is 8.55. The Labute approximate surface area is 173 Å². The number of fused-ring (bicyclic) bond motifs is 1. The highest BCUT2D eigenvalue weighted by molar-refractivity contribution is 7.19. The maximum atomic E-state index is 12.4. The van der Waals surface area contributed by atoms with E-state index in [4.69, 9.17) is 9.39 Å². The van der Waals surface area contributed by atoms with E-state index in [1.54, 1.807) is 0 Å². The molecule has 3 atom stereocenters. The van der Waals surface area contributed by atoms with Crippen molar-refractivity contribution in [3.8, 4) is 0 Å². The van der Waals surface area contributed by atoms with Crippen molar-refractivity contribution in [3.63, 3.8) is 0 Å². The van der Waals surface area contributed by atoms with Crippen molar-refractivity contribution in [1.29, 1.82) is 0 Å². The summed E-state index contributed by atoms with van der Waals surface area (Å²) < 4.78 is 11.7. The lowest BCUT2D eigenvalue weighted by atomic mass is 9.81. The van der Waals surface area contributed by atoms with E-state index in [9.17, 15) is 4.79 Å². The van der Waals surface area contributed by atoms with Crippen LogP contribution in [0.25, 0.3) is 0 Å². The highest BCUT2D eigenvalue weighted by atomic mass is 31.0. The van der Waals surface area contributed by atoms with E-state index in [1.165, 1.54) is 5.56 Å². The van der Waals surface area contributed by atoms with Gasteiger partial charge in [0.05, 0.1) is 5.60 Å². The van der Waals surface area contributed by atoms with Crippen molar-refractivity contribution >= 4 is 28.3 Å². The lowest BCUT2D eigenvalue weighted by molar-refractivity contribution is 0.0270. The minimum Gasteiger partial charge on any atom is -0.444 e. The molecule has 1 saturated heterocycles. The van der Waals surface area contributed by atoms with Gasteiger partial charge in [0.2, 0.25) is 0 Å². The summed E-state index contributed by atoms with van der Waals surface area (Å²) >= 11 is 0. The largest absolute Gasteiger partial charge is 0.444 e. The number of rotatable bonds is 5. The molecule has 1 heterocycles. The Hall–Kier alpha value is -1.06. The van der Waals surface area contributed by atoms with Gasteiger partial charge in [0, 0.05) is 23.7 Å². The summed E-state index contributed by atoms with van der Waals surface area (Å²) in [4.78, 5) is 14.3. The molecule has 1 aliphatic carbocycles. The van der Waals surface area contributed by atoms with E-state index in [1.807, 2.05) is 33.2 Å². The van der Waals surface area contributed by atoms with Crippen LogP contribution in [0.1, 0.15) is 60.5 Å². The Balaban J connectivity index is 1.68. The van der Waals surface area contributed by atoms with Crippen molar-refractivity contribution in [3.05, 3.63) is 29.8 Å². The monoisotopic (exact) mass is 402 g/mol. The van der Waals surface area contributed by atoms with Crippen LogP contribution in [-0.4, -0.2) is 47.9 Å². The second-order valence-electron chi connectivity index (χ2n) is 10.5. The van der Waals surface area contributed by atoms with Gasteiger partial charge in [0.1, 0.15) is 5.60 Å². The van der Waals surface area contributed by atoms with E-state index in [-0.39, 0.29) is 22.3 Å². The summed E-state index contributed by atoms with van der Waals surface area (Å²) in [6.07, 6.45) is 0.940. The zero-order chi connectivity index (χ0) is 21.0. The molecular weight excluding hydrogens is 368 g/mol. The summed E-state index contributed by atoms with van der Waals surface area (Å²) in [5.41, 5.74) is 1.69. The zero-order valence-corrected chi connectivity index (χ0v) is 19.5. The molecule has 0 spiro atoms. The van der Waals surface area contributed by atoms with Gasteiger partial charge in [-0.3, -0.25) is 0 Å². The van der Waals surface area contributed by atoms with Gasteiger partial charge in [0.25, 0.3) is 0 Å². The molecule has 1 saturated carbocycles. The minimum absolute atomic E-state index is 0.0409. The summed E-state index contributed by atoms with van der Waals surface area (Å²) in [5.74, 6) is 0.526. The quantitative estimate of drug-likeness (QED) is 0.554. The second kappa shape index (κ2) is 7.02. The Bertz CT molecular complexity index is 753. The first-order valence-corrected chi connectivity index (χ1v) is 10.7. The molecule has 1 amide bonds. The van der Waals surface area contributed by atoms with E-state index in [0.717, 1.165) is 25.0 Å². The molecule has 3 unspecified atom stereocenters. The van der Waals surface area contributed by atoms with Crippen LogP contribution in [0, 0.1) is 5.92 Å². The van der Waals surface area contributed by atoms with Crippen molar-refractivity contribution < 1.29 is 14.2 Å². The van der Waals surface area contributed by atoms with Gasteiger partial charge in [0.15, 0.2) is 0 Å². The summed E-state index contributed by atoms with van der Waals surface area (Å²) in [7, 11) is 4.73. The van der Waals surface area contributed by atoms with Crippen LogP contribution >= 0.6 is 9.24 Å². The predicted molar refractivity (Wildman–Crippen MR) is 118 cm³/mol. The van der Waals surface area contributed by atoms with E-state index in [0.29, 0.717) is 5.92 Å². The predicted octanol–water partition coefficient (Wildman–Crippen LogP) is 3.89. The highest BCUT2D eigenvalue weighted by Crippen LogP contribution is 2.59. The molecule has 153 valence electrons. The number of hydrogen-bond donors (Lipinski definition) is 0.